The highest BCUT2D eigenvalue weighted by atomic mass is 16.5. The summed E-state index contributed by atoms with van der Waals surface area (Å²) in [5, 5.41) is 16.0. The minimum atomic E-state index is 0.146. The van der Waals surface area contributed by atoms with E-state index < -0.39 is 0 Å². The molecule has 0 bridgehead atoms. The van der Waals surface area contributed by atoms with E-state index in [-0.39, 0.29) is 11.5 Å². The van der Waals surface area contributed by atoms with Gasteiger partial charge in [0, 0.05) is 51.5 Å². The molecule has 5 rings (SSSR count). The number of nitrogens with zero attached hydrogens (tertiary/aromatic N) is 6. The lowest BCUT2D eigenvalue weighted by Crippen LogP contribution is -2.49. The van der Waals surface area contributed by atoms with Crippen molar-refractivity contribution in [3.8, 4) is 11.8 Å². The van der Waals surface area contributed by atoms with Gasteiger partial charge < -0.3 is 25.2 Å². The molecule has 1 aromatic carbocycles. The molecule has 10 heteroatoms. The predicted molar refractivity (Wildman–Crippen MR) is 136 cm³/mol. The fraction of sp³-hybridized carbons (Fsp3) is 0.269. The Morgan fingerprint density at radius 3 is 2.67 bits per heavy atom. The van der Waals surface area contributed by atoms with Gasteiger partial charge in [0.1, 0.15) is 17.5 Å². The fourth-order valence-corrected chi connectivity index (χ4v) is 4.16. The summed E-state index contributed by atoms with van der Waals surface area (Å²) in [7, 11) is 0. The SMILES string of the molecule is N#CC(=C1Nc2ccccc2O1)c1ccnc(NCCCC(=O)N2CCN(c3ccccn3)CC2)n1. The molecule has 2 N–H and O–H groups in total. The number of para-hydroxylation sites is 2. The summed E-state index contributed by atoms with van der Waals surface area (Å²) in [5.74, 6) is 2.50. The summed E-state index contributed by atoms with van der Waals surface area (Å²) in [5.41, 5.74) is 1.54. The molecule has 36 heavy (non-hydrogen) atoms. The average Bonchev–Trinajstić information content (AvgIpc) is 3.36. The molecule has 2 aliphatic heterocycles. The largest absolute Gasteiger partial charge is 0.437 e. The number of nitrogens with one attached hydrogen (secondary N) is 2. The van der Waals surface area contributed by atoms with Gasteiger partial charge in [-0.15, -0.1) is 0 Å². The maximum atomic E-state index is 12.6. The van der Waals surface area contributed by atoms with Crippen molar-refractivity contribution in [2.45, 2.75) is 12.8 Å². The molecule has 1 fully saturated rings. The maximum Gasteiger partial charge on any atom is 0.223 e. The van der Waals surface area contributed by atoms with Crippen molar-refractivity contribution in [1.29, 1.82) is 5.26 Å². The second-order valence-corrected chi connectivity index (χ2v) is 8.39. The van der Waals surface area contributed by atoms with Gasteiger partial charge in [0.15, 0.2) is 5.75 Å². The third-order valence-electron chi connectivity index (χ3n) is 6.05. The zero-order valence-corrected chi connectivity index (χ0v) is 19.7. The van der Waals surface area contributed by atoms with Crippen LogP contribution in [0.5, 0.6) is 5.75 Å². The highest BCUT2D eigenvalue weighted by Crippen LogP contribution is 2.35. The number of pyridine rings is 1. The molecule has 0 radical (unpaired) electrons. The van der Waals surface area contributed by atoms with Crippen LogP contribution in [0.15, 0.2) is 66.8 Å². The van der Waals surface area contributed by atoms with Crippen molar-refractivity contribution in [3.63, 3.8) is 0 Å². The number of fused-ring (bicyclic) bond motifs is 1. The number of rotatable bonds is 7. The molecule has 10 nitrogen and oxygen atoms in total. The number of carbonyl (C=O) groups excluding carboxylic acids is 1. The third-order valence-corrected chi connectivity index (χ3v) is 6.05. The first-order valence-electron chi connectivity index (χ1n) is 11.9. The van der Waals surface area contributed by atoms with E-state index in [0.29, 0.717) is 55.8 Å². The lowest BCUT2D eigenvalue weighted by molar-refractivity contribution is -0.131. The van der Waals surface area contributed by atoms with Crippen LogP contribution in [0.1, 0.15) is 18.5 Å². The van der Waals surface area contributed by atoms with Gasteiger partial charge in [-0.25, -0.2) is 15.0 Å². The van der Waals surface area contributed by atoms with Gasteiger partial charge in [-0.05, 0) is 36.8 Å². The van der Waals surface area contributed by atoms with Crippen LogP contribution in [0.4, 0.5) is 17.5 Å². The summed E-state index contributed by atoms with van der Waals surface area (Å²) >= 11 is 0. The Morgan fingerprint density at radius 2 is 1.89 bits per heavy atom. The molecule has 0 unspecified atom stereocenters. The first kappa shape index (κ1) is 23.1. The Bertz CT molecular complexity index is 1270. The van der Waals surface area contributed by atoms with Gasteiger partial charge in [0.05, 0.1) is 11.4 Å². The Morgan fingerprint density at radius 1 is 1.06 bits per heavy atom. The number of ether oxygens (including phenoxy) is 1. The minimum Gasteiger partial charge on any atom is -0.437 e. The van der Waals surface area contributed by atoms with Crippen molar-refractivity contribution in [3.05, 3.63) is 72.5 Å². The summed E-state index contributed by atoms with van der Waals surface area (Å²) in [6, 6.07) is 17.2. The molecule has 0 aliphatic carbocycles. The van der Waals surface area contributed by atoms with Crippen molar-refractivity contribution in [1.82, 2.24) is 19.9 Å². The zero-order chi connectivity index (χ0) is 24.7. The highest BCUT2D eigenvalue weighted by molar-refractivity contribution is 5.82. The molecular weight excluding hydrogens is 456 g/mol. The van der Waals surface area contributed by atoms with Gasteiger partial charge in [0.25, 0.3) is 0 Å². The van der Waals surface area contributed by atoms with Gasteiger partial charge in [-0.1, -0.05) is 18.2 Å². The van der Waals surface area contributed by atoms with Crippen LogP contribution in [-0.2, 0) is 4.79 Å². The topological polar surface area (TPSA) is 119 Å². The second kappa shape index (κ2) is 10.7. The van der Waals surface area contributed by atoms with E-state index in [4.69, 9.17) is 4.74 Å². The number of carbonyl (C=O) groups is 1. The Balaban J connectivity index is 1.10. The van der Waals surface area contributed by atoms with Crippen LogP contribution in [-0.4, -0.2) is 58.5 Å². The van der Waals surface area contributed by atoms with Crippen molar-refractivity contribution in [2.24, 2.45) is 0 Å². The number of hydrogen-bond donors (Lipinski definition) is 2. The summed E-state index contributed by atoms with van der Waals surface area (Å²) in [6.07, 6.45) is 4.48. The van der Waals surface area contributed by atoms with Crippen molar-refractivity contribution < 1.29 is 9.53 Å². The number of amides is 1. The first-order chi connectivity index (χ1) is 17.7. The summed E-state index contributed by atoms with van der Waals surface area (Å²) in [6.45, 7) is 3.49. The molecule has 4 heterocycles. The molecular formula is C26H26N8O2. The van der Waals surface area contributed by atoms with Crippen molar-refractivity contribution in [2.75, 3.05) is 48.3 Å². The third kappa shape index (κ3) is 5.20. The Hall–Kier alpha value is -4.65. The lowest BCUT2D eigenvalue weighted by atomic mass is 10.2. The molecule has 0 spiro atoms. The number of allylic oxidation sites excluding steroid dienone is 1. The van der Waals surface area contributed by atoms with E-state index >= 15 is 0 Å². The van der Waals surface area contributed by atoms with E-state index in [1.54, 1.807) is 18.5 Å². The zero-order valence-electron chi connectivity index (χ0n) is 19.7. The van der Waals surface area contributed by atoms with Gasteiger partial charge in [-0.3, -0.25) is 4.79 Å². The smallest absolute Gasteiger partial charge is 0.223 e. The van der Waals surface area contributed by atoms with Crippen LogP contribution in [0.25, 0.3) is 5.57 Å². The van der Waals surface area contributed by atoms with Crippen LogP contribution in [0, 0.1) is 11.3 Å². The normalized spacial score (nSPS) is 15.9. The van der Waals surface area contributed by atoms with Crippen LogP contribution < -0.4 is 20.3 Å². The maximum absolute atomic E-state index is 12.6. The van der Waals surface area contributed by atoms with Gasteiger partial charge >= 0.3 is 0 Å². The lowest BCUT2D eigenvalue weighted by Gasteiger charge is -2.35. The summed E-state index contributed by atoms with van der Waals surface area (Å²) < 4.78 is 5.79. The highest BCUT2D eigenvalue weighted by Gasteiger charge is 2.23. The number of aromatic nitrogens is 3. The van der Waals surface area contributed by atoms with E-state index in [1.165, 1.54) is 0 Å². The number of hydrogen-bond acceptors (Lipinski definition) is 9. The van der Waals surface area contributed by atoms with Gasteiger partial charge in [-0.2, -0.15) is 5.26 Å². The molecule has 3 aromatic rings. The van der Waals surface area contributed by atoms with E-state index in [2.05, 4.69) is 36.6 Å². The number of piperazine rings is 1. The fourth-order valence-electron chi connectivity index (χ4n) is 4.16. The van der Waals surface area contributed by atoms with E-state index in [1.807, 2.05) is 47.4 Å². The molecule has 1 saturated heterocycles. The van der Waals surface area contributed by atoms with Crippen LogP contribution in [0.3, 0.4) is 0 Å². The van der Waals surface area contributed by atoms with Gasteiger partial charge in [0.2, 0.25) is 17.7 Å². The number of benzene rings is 1. The van der Waals surface area contributed by atoms with Crippen LogP contribution >= 0.6 is 0 Å². The average molecular weight is 483 g/mol. The van der Waals surface area contributed by atoms with Crippen LogP contribution in [0.2, 0.25) is 0 Å². The Labute approximate surface area is 209 Å². The first-order valence-corrected chi connectivity index (χ1v) is 11.9. The minimum absolute atomic E-state index is 0.146. The second-order valence-electron chi connectivity index (χ2n) is 8.39. The number of nitriles is 1. The molecule has 182 valence electrons. The standard InChI is InChI=1S/C26H26N8O2/c27-18-19(25-31-21-6-1-2-7-22(21)36-25)20-10-13-30-26(32-20)29-12-5-9-24(35)34-16-14-33(15-17-34)23-8-3-4-11-28-23/h1-4,6-8,10-11,13,31H,5,9,12,14-17H2,(H,29,30,32). The molecule has 0 saturated carbocycles. The van der Waals surface area contributed by atoms with E-state index in [0.717, 1.165) is 24.6 Å². The summed E-state index contributed by atoms with van der Waals surface area (Å²) in [4.78, 5) is 29.9. The monoisotopic (exact) mass is 482 g/mol. The molecule has 0 atom stereocenters. The van der Waals surface area contributed by atoms with Crippen molar-refractivity contribution >= 4 is 28.9 Å². The quantitative estimate of drug-likeness (QED) is 0.387. The predicted octanol–water partition coefficient (Wildman–Crippen LogP) is 3.11. The molecule has 2 aromatic heterocycles. The van der Waals surface area contributed by atoms with E-state index in [9.17, 15) is 10.1 Å². The Kier molecular flexibility index (Phi) is 6.89. The number of anilines is 3. The molecule has 1 amide bonds. The molecule has 2 aliphatic rings.